The summed E-state index contributed by atoms with van der Waals surface area (Å²) in [6.45, 7) is 0.598. The zero-order valence-corrected chi connectivity index (χ0v) is 15.4. The minimum Gasteiger partial charge on any atom is -0.421 e. The highest BCUT2D eigenvalue weighted by Crippen LogP contribution is 2.37. The molecule has 0 amide bonds. The monoisotopic (exact) mass is 385 g/mol. The predicted octanol–water partition coefficient (Wildman–Crippen LogP) is 4.58. The van der Waals surface area contributed by atoms with Gasteiger partial charge in [-0.1, -0.05) is 42.5 Å². The van der Waals surface area contributed by atoms with Crippen LogP contribution in [-0.2, 0) is 13.0 Å². The molecule has 0 unspecified atom stereocenters. The molecule has 0 bridgehead atoms. The summed E-state index contributed by atoms with van der Waals surface area (Å²) in [5.74, 6) is -0.828. The van der Waals surface area contributed by atoms with Crippen LogP contribution in [-0.4, -0.2) is 10.5 Å². The molecule has 3 aromatic carbocycles. The van der Waals surface area contributed by atoms with E-state index in [1.54, 1.807) is 4.57 Å². The highest BCUT2D eigenvalue weighted by Gasteiger charge is 2.26. The average molecular weight is 385 g/mol. The van der Waals surface area contributed by atoms with Gasteiger partial charge < -0.3 is 9.30 Å². The third kappa shape index (κ3) is 2.83. The number of hydrogen-bond acceptors (Lipinski definition) is 3. The first-order chi connectivity index (χ1) is 14.1. The molecule has 0 atom stereocenters. The van der Waals surface area contributed by atoms with Gasteiger partial charge in [0.2, 0.25) is 0 Å². The van der Waals surface area contributed by atoms with Crippen LogP contribution in [0.15, 0.2) is 77.6 Å². The number of para-hydroxylation sites is 1. The van der Waals surface area contributed by atoms with Gasteiger partial charge in [-0.25, -0.2) is 9.18 Å². The highest BCUT2D eigenvalue weighted by atomic mass is 19.1. The molecular formula is C24H16FNO3. The van der Waals surface area contributed by atoms with Gasteiger partial charge in [0.1, 0.15) is 5.82 Å². The zero-order chi connectivity index (χ0) is 20.0. The van der Waals surface area contributed by atoms with E-state index in [2.05, 4.69) is 0 Å². The van der Waals surface area contributed by atoms with Gasteiger partial charge in [0, 0.05) is 11.9 Å². The van der Waals surface area contributed by atoms with E-state index in [-0.39, 0.29) is 16.9 Å². The maximum absolute atomic E-state index is 13.4. The number of aromatic nitrogens is 1. The average Bonchev–Trinajstić information content (AvgIpc) is 3.18. The molecule has 4 aromatic rings. The Kier molecular flexibility index (Phi) is 4.02. The van der Waals surface area contributed by atoms with Crippen LogP contribution in [0.2, 0.25) is 0 Å². The molecule has 5 rings (SSSR count). The van der Waals surface area contributed by atoms with Crippen LogP contribution in [0.4, 0.5) is 4.39 Å². The molecule has 0 radical (unpaired) electrons. The fraction of sp³-hybridized carbons (Fsp3) is 0.0833. The van der Waals surface area contributed by atoms with E-state index in [0.29, 0.717) is 23.1 Å². The summed E-state index contributed by atoms with van der Waals surface area (Å²) in [7, 11) is 0. The number of benzene rings is 3. The number of rotatable bonds is 3. The molecule has 0 saturated heterocycles. The SMILES string of the molecule is O=C(Oc1c(-c2ccccc2)c(=O)n2c3c(cccc13)CC2)c1ccc(F)cc1. The van der Waals surface area contributed by atoms with Gasteiger partial charge in [-0.05, 0) is 47.9 Å². The quantitative estimate of drug-likeness (QED) is 0.485. The van der Waals surface area contributed by atoms with Crippen LogP contribution in [0.1, 0.15) is 15.9 Å². The molecule has 1 aliphatic rings. The van der Waals surface area contributed by atoms with E-state index in [0.717, 1.165) is 17.5 Å². The second-order valence-corrected chi connectivity index (χ2v) is 6.99. The van der Waals surface area contributed by atoms with E-state index in [1.807, 2.05) is 48.5 Å². The number of carbonyl (C=O) groups excluding carboxylic acids is 1. The van der Waals surface area contributed by atoms with Gasteiger partial charge in [0.15, 0.2) is 5.75 Å². The Morgan fingerprint density at radius 1 is 0.931 bits per heavy atom. The number of carbonyl (C=O) groups is 1. The maximum Gasteiger partial charge on any atom is 0.343 e. The largest absolute Gasteiger partial charge is 0.421 e. The van der Waals surface area contributed by atoms with Crippen molar-refractivity contribution in [2.24, 2.45) is 0 Å². The van der Waals surface area contributed by atoms with Crippen LogP contribution in [0.5, 0.6) is 5.75 Å². The Hall–Kier alpha value is -3.73. The Labute approximate surface area is 165 Å². The van der Waals surface area contributed by atoms with Crippen molar-refractivity contribution in [3.8, 4) is 16.9 Å². The van der Waals surface area contributed by atoms with Crippen molar-refractivity contribution in [3.05, 3.63) is 100 Å². The Bertz CT molecular complexity index is 1310. The Balaban J connectivity index is 1.76. The normalized spacial score (nSPS) is 12.3. The molecule has 0 saturated carbocycles. The molecular weight excluding hydrogens is 369 g/mol. The number of esters is 1. The first-order valence-electron chi connectivity index (χ1n) is 9.35. The van der Waals surface area contributed by atoms with Crippen molar-refractivity contribution in [2.45, 2.75) is 13.0 Å². The van der Waals surface area contributed by atoms with Crippen LogP contribution >= 0.6 is 0 Å². The van der Waals surface area contributed by atoms with E-state index in [1.165, 1.54) is 24.3 Å². The summed E-state index contributed by atoms with van der Waals surface area (Å²) in [6, 6.07) is 20.1. The molecule has 5 heteroatoms. The van der Waals surface area contributed by atoms with Crippen molar-refractivity contribution in [3.63, 3.8) is 0 Å². The van der Waals surface area contributed by atoms with Crippen LogP contribution < -0.4 is 10.3 Å². The molecule has 2 heterocycles. The van der Waals surface area contributed by atoms with Gasteiger partial charge in [-0.15, -0.1) is 0 Å². The van der Waals surface area contributed by atoms with Crippen molar-refractivity contribution in [2.75, 3.05) is 0 Å². The summed E-state index contributed by atoms with van der Waals surface area (Å²) < 4.78 is 20.8. The minimum atomic E-state index is -0.634. The fourth-order valence-corrected chi connectivity index (χ4v) is 3.91. The highest BCUT2D eigenvalue weighted by molar-refractivity contribution is 5.99. The summed E-state index contributed by atoms with van der Waals surface area (Å²) in [6.07, 6.45) is 0.760. The fourth-order valence-electron chi connectivity index (χ4n) is 3.91. The molecule has 1 aliphatic heterocycles. The molecule has 0 spiro atoms. The second kappa shape index (κ2) is 6.71. The van der Waals surface area contributed by atoms with E-state index in [9.17, 15) is 14.0 Å². The van der Waals surface area contributed by atoms with Gasteiger partial charge in [0.25, 0.3) is 5.56 Å². The van der Waals surface area contributed by atoms with E-state index in [4.69, 9.17) is 4.74 Å². The molecule has 0 aliphatic carbocycles. The third-order valence-electron chi connectivity index (χ3n) is 5.26. The smallest absolute Gasteiger partial charge is 0.343 e. The number of ether oxygens (including phenoxy) is 1. The Morgan fingerprint density at radius 2 is 1.69 bits per heavy atom. The lowest BCUT2D eigenvalue weighted by atomic mass is 10.0. The predicted molar refractivity (Wildman–Crippen MR) is 109 cm³/mol. The summed E-state index contributed by atoms with van der Waals surface area (Å²) in [5, 5.41) is 0.717. The first kappa shape index (κ1) is 17.4. The molecule has 0 fully saturated rings. The zero-order valence-electron chi connectivity index (χ0n) is 15.4. The Morgan fingerprint density at radius 3 is 2.45 bits per heavy atom. The van der Waals surface area contributed by atoms with E-state index >= 15 is 0 Å². The number of pyridine rings is 1. The third-order valence-corrected chi connectivity index (χ3v) is 5.26. The van der Waals surface area contributed by atoms with Crippen molar-refractivity contribution >= 4 is 16.9 Å². The van der Waals surface area contributed by atoms with Crippen molar-refractivity contribution in [1.82, 2.24) is 4.57 Å². The molecule has 142 valence electrons. The molecule has 0 N–H and O–H groups in total. The van der Waals surface area contributed by atoms with Crippen LogP contribution in [0, 0.1) is 5.82 Å². The van der Waals surface area contributed by atoms with Gasteiger partial charge >= 0.3 is 5.97 Å². The van der Waals surface area contributed by atoms with Crippen LogP contribution in [0.3, 0.4) is 0 Å². The minimum absolute atomic E-state index is 0.185. The lowest BCUT2D eigenvalue weighted by Gasteiger charge is -2.15. The summed E-state index contributed by atoms with van der Waals surface area (Å²) in [5.41, 5.74) is 2.93. The molecule has 1 aromatic heterocycles. The lowest BCUT2D eigenvalue weighted by Crippen LogP contribution is -2.22. The standard InChI is InChI=1S/C24H16FNO3/c25-18-11-9-17(10-12-18)24(28)29-22-19-8-4-7-16-13-14-26(21(16)19)23(27)20(22)15-5-2-1-3-6-15/h1-12H,13-14H2. The maximum atomic E-state index is 13.4. The molecule has 29 heavy (non-hydrogen) atoms. The number of nitrogens with zero attached hydrogens (tertiary/aromatic N) is 1. The summed E-state index contributed by atoms with van der Waals surface area (Å²) >= 11 is 0. The molecule has 4 nitrogen and oxygen atoms in total. The van der Waals surface area contributed by atoms with Crippen molar-refractivity contribution in [1.29, 1.82) is 0 Å². The first-order valence-corrected chi connectivity index (χ1v) is 9.35. The van der Waals surface area contributed by atoms with Gasteiger partial charge in [-0.2, -0.15) is 0 Å². The van der Waals surface area contributed by atoms with Gasteiger partial charge in [-0.3, -0.25) is 4.79 Å². The summed E-state index contributed by atoms with van der Waals surface area (Å²) in [4.78, 5) is 26.1. The van der Waals surface area contributed by atoms with Gasteiger partial charge in [0.05, 0.1) is 16.6 Å². The topological polar surface area (TPSA) is 48.3 Å². The van der Waals surface area contributed by atoms with Crippen molar-refractivity contribution < 1.29 is 13.9 Å². The van der Waals surface area contributed by atoms with Crippen LogP contribution in [0.25, 0.3) is 22.0 Å². The number of hydrogen-bond donors (Lipinski definition) is 0. The number of aryl methyl sites for hydroxylation is 2. The second-order valence-electron chi connectivity index (χ2n) is 6.99. The lowest BCUT2D eigenvalue weighted by molar-refractivity contribution is 0.0737. The van der Waals surface area contributed by atoms with E-state index < -0.39 is 11.8 Å². The number of halogens is 1.